The van der Waals surface area contributed by atoms with Crippen LogP contribution in [-0.4, -0.2) is 38.8 Å². The summed E-state index contributed by atoms with van der Waals surface area (Å²) in [6, 6.07) is 20.2. The Kier molecular flexibility index (Phi) is 5.78. The van der Waals surface area contributed by atoms with Crippen LogP contribution < -0.4 is 5.43 Å². The summed E-state index contributed by atoms with van der Waals surface area (Å²) in [6.07, 6.45) is 0. The fraction of sp³-hybridized carbons (Fsp3) is 0.190. The van der Waals surface area contributed by atoms with Crippen molar-refractivity contribution in [1.82, 2.24) is 14.7 Å². The smallest absolute Gasteiger partial charge is 0.278 e. The van der Waals surface area contributed by atoms with Gasteiger partial charge in [0.15, 0.2) is 5.69 Å². The second kappa shape index (κ2) is 8.42. The van der Waals surface area contributed by atoms with Crippen LogP contribution in [0.5, 0.6) is 0 Å². The van der Waals surface area contributed by atoms with E-state index in [4.69, 9.17) is 0 Å². The summed E-state index contributed by atoms with van der Waals surface area (Å²) in [6.45, 7) is 1.98. The molecule has 1 N–H and O–H groups in total. The number of hydrogen-bond acceptors (Lipinski definition) is 4. The number of benzene rings is 2. The summed E-state index contributed by atoms with van der Waals surface area (Å²) >= 11 is 0. The van der Waals surface area contributed by atoms with Crippen molar-refractivity contribution in [2.75, 3.05) is 13.2 Å². The standard InChI is InChI=1S/C21H21N3O3/c1-16-14-19(26)20(22-24(16)18-10-6-3-7-11-18)21(27)23(12-13-25)15-17-8-4-2-5-9-17/h2-11,14,25H,12-13,15H2,1H3. The van der Waals surface area contributed by atoms with Gasteiger partial charge in [0.05, 0.1) is 12.3 Å². The Hall–Kier alpha value is -3.25. The largest absolute Gasteiger partial charge is 0.395 e. The highest BCUT2D eigenvalue weighted by atomic mass is 16.3. The predicted molar refractivity (Wildman–Crippen MR) is 103 cm³/mol. The number of carbonyl (C=O) groups is 1. The van der Waals surface area contributed by atoms with E-state index >= 15 is 0 Å². The quantitative estimate of drug-likeness (QED) is 0.728. The van der Waals surface area contributed by atoms with Crippen molar-refractivity contribution in [3.8, 4) is 5.69 Å². The predicted octanol–water partition coefficient (Wildman–Crippen LogP) is 2.18. The van der Waals surface area contributed by atoms with Gasteiger partial charge in [0.1, 0.15) is 0 Å². The monoisotopic (exact) mass is 363 g/mol. The Balaban J connectivity index is 1.98. The lowest BCUT2D eigenvalue weighted by Gasteiger charge is -2.22. The number of aryl methyl sites for hydroxylation is 1. The molecule has 6 heteroatoms. The molecular weight excluding hydrogens is 342 g/mol. The summed E-state index contributed by atoms with van der Waals surface area (Å²) in [7, 11) is 0. The van der Waals surface area contributed by atoms with E-state index in [2.05, 4.69) is 5.10 Å². The number of amides is 1. The molecule has 27 heavy (non-hydrogen) atoms. The summed E-state index contributed by atoms with van der Waals surface area (Å²) in [4.78, 5) is 26.9. The maximum absolute atomic E-state index is 13.0. The van der Waals surface area contributed by atoms with E-state index in [0.29, 0.717) is 12.2 Å². The molecule has 0 saturated carbocycles. The number of aliphatic hydroxyl groups is 1. The molecule has 0 unspecified atom stereocenters. The molecule has 0 aliphatic rings. The molecule has 0 bridgehead atoms. The second-order valence-corrected chi connectivity index (χ2v) is 6.18. The van der Waals surface area contributed by atoms with E-state index in [0.717, 1.165) is 11.3 Å². The molecule has 0 atom stereocenters. The summed E-state index contributed by atoms with van der Waals surface area (Å²) in [5.74, 6) is -0.498. The van der Waals surface area contributed by atoms with Crippen LogP contribution in [0.2, 0.25) is 0 Å². The summed E-state index contributed by atoms with van der Waals surface area (Å²) < 4.78 is 1.58. The van der Waals surface area contributed by atoms with Gasteiger partial charge in [-0.3, -0.25) is 9.59 Å². The fourth-order valence-electron chi connectivity index (χ4n) is 2.85. The maximum Gasteiger partial charge on any atom is 0.278 e. The molecule has 3 aromatic rings. The zero-order chi connectivity index (χ0) is 19.2. The summed E-state index contributed by atoms with van der Waals surface area (Å²) in [5.41, 5.74) is 1.73. The molecular formula is C21H21N3O3. The van der Waals surface area contributed by atoms with Gasteiger partial charge in [-0.1, -0.05) is 48.5 Å². The minimum absolute atomic E-state index is 0.119. The van der Waals surface area contributed by atoms with Crippen molar-refractivity contribution >= 4 is 5.91 Å². The third kappa shape index (κ3) is 4.30. The molecule has 1 aromatic heterocycles. The first kappa shape index (κ1) is 18.5. The van der Waals surface area contributed by atoms with E-state index in [1.165, 1.54) is 11.0 Å². The first-order valence-electron chi connectivity index (χ1n) is 8.70. The van der Waals surface area contributed by atoms with Gasteiger partial charge >= 0.3 is 0 Å². The normalized spacial score (nSPS) is 10.6. The zero-order valence-corrected chi connectivity index (χ0v) is 15.1. The van der Waals surface area contributed by atoms with Crippen LogP contribution in [0.15, 0.2) is 71.5 Å². The Bertz CT molecular complexity index is 969. The van der Waals surface area contributed by atoms with Gasteiger partial charge in [-0.05, 0) is 24.6 Å². The van der Waals surface area contributed by atoms with E-state index in [9.17, 15) is 14.7 Å². The van der Waals surface area contributed by atoms with Gasteiger partial charge < -0.3 is 10.0 Å². The van der Waals surface area contributed by atoms with Crippen LogP contribution in [0.4, 0.5) is 0 Å². The molecule has 0 aliphatic carbocycles. The summed E-state index contributed by atoms with van der Waals surface area (Å²) in [5, 5.41) is 13.7. The van der Waals surface area contributed by atoms with Crippen molar-refractivity contribution in [1.29, 1.82) is 0 Å². The zero-order valence-electron chi connectivity index (χ0n) is 15.1. The number of rotatable bonds is 6. The highest BCUT2D eigenvalue weighted by Crippen LogP contribution is 2.10. The van der Waals surface area contributed by atoms with Gasteiger partial charge in [-0.15, -0.1) is 0 Å². The van der Waals surface area contributed by atoms with Crippen molar-refractivity contribution in [3.05, 3.63) is 93.9 Å². The fourth-order valence-corrected chi connectivity index (χ4v) is 2.85. The van der Waals surface area contributed by atoms with Gasteiger partial charge in [0.25, 0.3) is 5.91 Å². The topological polar surface area (TPSA) is 75.4 Å². The van der Waals surface area contributed by atoms with Gasteiger partial charge in [-0.2, -0.15) is 5.10 Å². The molecule has 0 aliphatic heterocycles. The molecule has 0 fully saturated rings. The van der Waals surface area contributed by atoms with Crippen LogP contribution in [-0.2, 0) is 6.54 Å². The van der Waals surface area contributed by atoms with Crippen LogP contribution in [0.1, 0.15) is 21.7 Å². The highest BCUT2D eigenvalue weighted by molar-refractivity contribution is 5.92. The minimum Gasteiger partial charge on any atom is -0.395 e. The Morgan fingerprint density at radius 3 is 2.33 bits per heavy atom. The van der Waals surface area contributed by atoms with Crippen LogP contribution in [0.25, 0.3) is 5.69 Å². The van der Waals surface area contributed by atoms with Crippen LogP contribution >= 0.6 is 0 Å². The molecule has 6 nitrogen and oxygen atoms in total. The van der Waals surface area contributed by atoms with Crippen molar-refractivity contribution in [3.63, 3.8) is 0 Å². The SMILES string of the molecule is Cc1cc(=O)c(C(=O)N(CCO)Cc2ccccc2)nn1-c1ccccc1. The minimum atomic E-state index is -0.498. The molecule has 1 heterocycles. The number of aromatic nitrogens is 2. The lowest BCUT2D eigenvalue weighted by atomic mass is 10.2. The first-order chi connectivity index (χ1) is 13.1. The average Bonchev–Trinajstić information content (AvgIpc) is 2.69. The van der Waals surface area contributed by atoms with E-state index in [-0.39, 0.29) is 18.8 Å². The van der Waals surface area contributed by atoms with Gasteiger partial charge in [-0.25, -0.2) is 4.68 Å². The van der Waals surface area contributed by atoms with Gasteiger partial charge in [0, 0.05) is 24.8 Å². The number of aliphatic hydroxyl groups excluding tert-OH is 1. The van der Waals surface area contributed by atoms with Crippen molar-refractivity contribution in [2.45, 2.75) is 13.5 Å². The second-order valence-electron chi connectivity index (χ2n) is 6.18. The number of hydrogen-bond donors (Lipinski definition) is 1. The van der Waals surface area contributed by atoms with Crippen molar-refractivity contribution in [2.24, 2.45) is 0 Å². The number of carbonyl (C=O) groups excluding carboxylic acids is 1. The molecule has 0 spiro atoms. The number of nitrogens with zero attached hydrogens (tertiary/aromatic N) is 3. The lowest BCUT2D eigenvalue weighted by Crippen LogP contribution is -2.37. The molecule has 138 valence electrons. The average molecular weight is 363 g/mol. The van der Waals surface area contributed by atoms with Gasteiger partial charge in [0.2, 0.25) is 5.43 Å². The third-order valence-electron chi connectivity index (χ3n) is 4.18. The van der Waals surface area contributed by atoms with Crippen LogP contribution in [0.3, 0.4) is 0 Å². The van der Waals surface area contributed by atoms with E-state index in [1.54, 1.807) is 11.6 Å². The van der Waals surface area contributed by atoms with Crippen molar-refractivity contribution < 1.29 is 9.90 Å². The molecule has 0 saturated heterocycles. The van der Waals surface area contributed by atoms with E-state index in [1.807, 2.05) is 60.7 Å². The first-order valence-corrected chi connectivity index (χ1v) is 8.70. The Labute approximate surface area is 157 Å². The lowest BCUT2D eigenvalue weighted by molar-refractivity contribution is 0.0698. The maximum atomic E-state index is 13.0. The van der Waals surface area contributed by atoms with Crippen LogP contribution in [0, 0.1) is 6.92 Å². The number of para-hydroxylation sites is 1. The molecule has 3 rings (SSSR count). The highest BCUT2D eigenvalue weighted by Gasteiger charge is 2.21. The van der Waals surface area contributed by atoms with E-state index < -0.39 is 11.3 Å². The Morgan fingerprint density at radius 1 is 1.07 bits per heavy atom. The third-order valence-corrected chi connectivity index (χ3v) is 4.18. The molecule has 0 radical (unpaired) electrons. The Morgan fingerprint density at radius 2 is 1.70 bits per heavy atom. The molecule has 1 amide bonds. The molecule has 2 aromatic carbocycles.